The van der Waals surface area contributed by atoms with Crippen LogP contribution in [0.4, 0.5) is 0 Å². The molecular formula is C8H7BrO3. The van der Waals surface area contributed by atoms with Crippen molar-refractivity contribution in [2.24, 2.45) is 0 Å². The molecule has 64 valence electrons. The lowest BCUT2D eigenvalue weighted by Gasteiger charge is -2.02. The minimum atomic E-state index is -0.593. The third-order valence-corrected chi connectivity index (χ3v) is 2.07. The zero-order valence-corrected chi connectivity index (χ0v) is 7.71. The molecule has 0 fully saturated rings. The van der Waals surface area contributed by atoms with Gasteiger partial charge in [-0.25, -0.2) is 0 Å². The molecule has 0 aromatic heterocycles. The molecule has 0 spiro atoms. The van der Waals surface area contributed by atoms with E-state index in [0.717, 1.165) is 0 Å². The maximum Gasteiger partial charge on any atom is 0.191 e. The van der Waals surface area contributed by atoms with E-state index >= 15 is 0 Å². The molecule has 0 atom stereocenters. The summed E-state index contributed by atoms with van der Waals surface area (Å²) in [5, 5.41) is 17.8. The number of phenols is 1. The Bertz CT molecular complexity index is 309. The lowest BCUT2D eigenvalue weighted by Crippen LogP contribution is -2.04. The van der Waals surface area contributed by atoms with Gasteiger partial charge in [-0.3, -0.25) is 4.79 Å². The normalized spacial score (nSPS) is 9.83. The van der Waals surface area contributed by atoms with Crippen molar-refractivity contribution in [2.45, 2.75) is 0 Å². The summed E-state index contributed by atoms with van der Waals surface area (Å²) in [5.74, 6) is -0.620. The molecule has 0 unspecified atom stereocenters. The number of ketones is 1. The number of hydrogen-bond acceptors (Lipinski definition) is 3. The molecule has 0 saturated heterocycles. The highest BCUT2D eigenvalue weighted by atomic mass is 79.9. The largest absolute Gasteiger partial charge is 0.506 e. The number of carbonyl (C=O) groups is 1. The first-order valence-corrected chi connectivity index (χ1v) is 4.07. The number of phenolic OH excluding ortho intramolecular Hbond substituents is 1. The molecule has 3 nitrogen and oxygen atoms in total. The van der Waals surface area contributed by atoms with Gasteiger partial charge in [0.15, 0.2) is 5.78 Å². The highest BCUT2D eigenvalue weighted by Gasteiger charge is 2.11. The van der Waals surface area contributed by atoms with Gasteiger partial charge >= 0.3 is 0 Å². The van der Waals surface area contributed by atoms with Crippen molar-refractivity contribution in [3.63, 3.8) is 0 Å². The number of para-hydroxylation sites is 1. The zero-order chi connectivity index (χ0) is 9.14. The summed E-state index contributed by atoms with van der Waals surface area (Å²) < 4.78 is 0.446. The molecule has 0 bridgehead atoms. The van der Waals surface area contributed by atoms with Crippen molar-refractivity contribution >= 4 is 21.7 Å². The minimum Gasteiger partial charge on any atom is -0.506 e. The standard InChI is InChI=1S/C8H7BrO3/c9-6-3-1-2-5(8(6)12)7(11)4-10/h1-3,10,12H,4H2. The van der Waals surface area contributed by atoms with E-state index in [1.54, 1.807) is 12.1 Å². The van der Waals surface area contributed by atoms with E-state index in [9.17, 15) is 9.90 Å². The van der Waals surface area contributed by atoms with Gasteiger partial charge in [0.05, 0.1) is 10.0 Å². The molecule has 0 aliphatic heterocycles. The Morgan fingerprint density at radius 3 is 2.75 bits per heavy atom. The van der Waals surface area contributed by atoms with E-state index in [-0.39, 0.29) is 11.3 Å². The first-order valence-electron chi connectivity index (χ1n) is 3.28. The van der Waals surface area contributed by atoms with E-state index in [4.69, 9.17) is 5.11 Å². The van der Waals surface area contributed by atoms with Crippen LogP contribution in [0.25, 0.3) is 0 Å². The molecule has 0 saturated carbocycles. The second kappa shape index (κ2) is 3.69. The SMILES string of the molecule is O=C(CO)c1cccc(Br)c1O. The van der Waals surface area contributed by atoms with Crippen LogP contribution in [0.5, 0.6) is 5.75 Å². The van der Waals surface area contributed by atoms with Gasteiger partial charge in [0.25, 0.3) is 0 Å². The van der Waals surface area contributed by atoms with Crippen LogP contribution in [0.3, 0.4) is 0 Å². The first-order chi connectivity index (χ1) is 5.66. The number of Topliss-reactive ketones (excluding diaryl/α,β-unsaturated/α-hetero) is 1. The lowest BCUT2D eigenvalue weighted by atomic mass is 10.1. The minimum absolute atomic E-state index is 0.128. The van der Waals surface area contributed by atoms with Crippen LogP contribution < -0.4 is 0 Å². The summed E-state index contributed by atoms with van der Waals surface area (Å²) in [7, 11) is 0. The Morgan fingerprint density at radius 2 is 2.17 bits per heavy atom. The lowest BCUT2D eigenvalue weighted by molar-refractivity contribution is 0.0901. The van der Waals surface area contributed by atoms with Crippen LogP contribution >= 0.6 is 15.9 Å². The smallest absolute Gasteiger partial charge is 0.191 e. The van der Waals surface area contributed by atoms with Gasteiger partial charge < -0.3 is 10.2 Å². The average molecular weight is 231 g/mol. The Balaban J connectivity index is 3.16. The van der Waals surface area contributed by atoms with Crippen molar-refractivity contribution < 1.29 is 15.0 Å². The number of aromatic hydroxyl groups is 1. The van der Waals surface area contributed by atoms with Gasteiger partial charge in [-0.2, -0.15) is 0 Å². The van der Waals surface area contributed by atoms with Gasteiger partial charge in [0.1, 0.15) is 12.4 Å². The summed E-state index contributed by atoms with van der Waals surface area (Å²) in [4.78, 5) is 11.0. The number of rotatable bonds is 2. The molecule has 2 N–H and O–H groups in total. The van der Waals surface area contributed by atoms with Crippen molar-refractivity contribution in [3.8, 4) is 5.75 Å². The first kappa shape index (κ1) is 9.22. The molecule has 1 rings (SSSR count). The summed E-state index contributed by atoms with van der Waals surface area (Å²) in [5.41, 5.74) is 0.131. The molecule has 0 radical (unpaired) electrons. The monoisotopic (exact) mass is 230 g/mol. The fourth-order valence-corrected chi connectivity index (χ4v) is 1.19. The number of hydrogen-bond donors (Lipinski definition) is 2. The maximum atomic E-state index is 11.0. The van der Waals surface area contributed by atoms with Gasteiger partial charge in [0, 0.05) is 0 Å². The molecule has 0 heterocycles. The van der Waals surface area contributed by atoms with Crippen LogP contribution in [0.1, 0.15) is 10.4 Å². The summed E-state index contributed by atoms with van der Waals surface area (Å²) in [6.45, 7) is -0.593. The second-order valence-electron chi connectivity index (χ2n) is 2.22. The Labute approximate surface area is 77.8 Å². The highest BCUT2D eigenvalue weighted by Crippen LogP contribution is 2.27. The summed E-state index contributed by atoms with van der Waals surface area (Å²) in [6, 6.07) is 4.69. The van der Waals surface area contributed by atoms with E-state index in [2.05, 4.69) is 15.9 Å². The van der Waals surface area contributed by atoms with Gasteiger partial charge in [-0.15, -0.1) is 0 Å². The number of benzene rings is 1. The number of aliphatic hydroxyl groups is 1. The third kappa shape index (κ3) is 1.65. The number of carbonyl (C=O) groups excluding carboxylic acids is 1. The van der Waals surface area contributed by atoms with Gasteiger partial charge in [-0.05, 0) is 28.1 Å². The Morgan fingerprint density at radius 1 is 1.50 bits per heavy atom. The highest BCUT2D eigenvalue weighted by molar-refractivity contribution is 9.10. The Hall–Kier alpha value is -0.870. The predicted molar refractivity (Wildman–Crippen MR) is 47.2 cm³/mol. The second-order valence-corrected chi connectivity index (χ2v) is 3.07. The van der Waals surface area contributed by atoms with Crippen LogP contribution in [0.15, 0.2) is 22.7 Å². The Kier molecular flexibility index (Phi) is 2.83. The van der Waals surface area contributed by atoms with Crippen molar-refractivity contribution in [1.82, 2.24) is 0 Å². The van der Waals surface area contributed by atoms with Crippen LogP contribution in [0.2, 0.25) is 0 Å². The molecule has 0 aliphatic rings. The fraction of sp³-hybridized carbons (Fsp3) is 0.125. The molecular weight excluding hydrogens is 224 g/mol. The molecule has 1 aromatic rings. The van der Waals surface area contributed by atoms with E-state index < -0.39 is 12.4 Å². The fourth-order valence-electron chi connectivity index (χ4n) is 0.826. The summed E-state index contributed by atoms with van der Waals surface area (Å²) in [6.07, 6.45) is 0. The van der Waals surface area contributed by atoms with Crippen molar-refractivity contribution in [2.75, 3.05) is 6.61 Å². The van der Waals surface area contributed by atoms with Gasteiger partial charge in [-0.1, -0.05) is 6.07 Å². The average Bonchev–Trinajstić information content (AvgIpc) is 2.08. The third-order valence-electron chi connectivity index (χ3n) is 1.43. The predicted octanol–water partition coefficient (Wildman–Crippen LogP) is 1.33. The van der Waals surface area contributed by atoms with Crippen LogP contribution in [-0.2, 0) is 0 Å². The van der Waals surface area contributed by atoms with Crippen LogP contribution in [-0.4, -0.2) is 22.6 Å². The summed E-state index contributed by atoms with van der Waals surface area (Å²) >= 11 is 3.06. The molecule has 12 heavy (non-hydrogen) atoms. The molecule has 4 heteroatoms. The molecule has 1 aromatic carbocycles. The van der Waals surface area contributed by atoms with E-state index in [1.165, 1.54) is 6.07 Å². The molecule has 0 aliphatic carbocycles. The number of aliphatic hydroxyl groups excluding tert-OH is 1. The van der Waals surface area contributed by atoms with Crippen molar-refractivity contribution in [1.29, 1.82) is 0 Å². The van der Waals surface area contributed by atoms with E-state index in [1.807, 2.05) is 0 Å². The number of halogens is 1. The van der Waals surface area contributed by atoms with Crippen LogP contribution in [0, 0.1) is 0 Å². The topological polar surface area (TPSA) is 57.5 Å². The maximum absolute atomic E-state index is 11.0. The van der Waals surface area contributed by atoms with Crippen molar-refractivity contribution in [3.05, 3.63) is 28.2 Å². The van der Waals surface area contributed by atoms with E-state index in [0.29, 0.717) is 4.47 Å². The van der Waals surface area contributed by atoms with Gasteiger partial charge in [0.2, 0.25) is 0 Å². The quantitative estimate of drug-likeness (QED) is 0.755. The molecule has 0 amide bonds. The zero-order valence-electron chi connectivity index (χ0n) is 6.12.